The molecule has 4 rings (SSSR count). The van der Waals surface area contributed by atoms with Crippen LogP contribution in [0.3, 0.4) is 0 Å². The van der Waals surface area contributed by atoms with E-state index in [1.54, 1.807) is 24.3 Å². The Hall–Kier alpha value is -3.65. The minimum Gasteiger partial charge on any atom is -0.207 e. The van der Waals surface area contributed by atoms with Crippen molar-refractivity contribution in [3.8, 4) is 11.8 Å². The zero-order valence-corrected chi connectivity index (χ0v) is 19.9. The third-order valence-corrected chi connectivity index (χ3v) is 6.19. The average Bonchev–Trinajstić information content (AvgIpc) is 2.84. The first-order chi connectivity index (χ1) is 17.3. The smallest absolute Gasteiger partial charge is 0.159 e. The van der Waals surface area contributed by atoms with Gasteiger partial charge in [-0.25, -0.2) is 22.0 Å². The van der Waals surface area contributed by atoms with Crippen molar-refractivity contribution in [2.45, 2.75) is 45.4 Å². The fraction of sp³-hybridized carbons (Fsp3) is 0.226. The van der Waals surface area contributed by atoms with Crippen molar-refractivity contribution in [1.82, 2.24) is 0 Å². The van der Waals surface area contributed by atoms with Crippen LogP contribution in [0.1, 0.15) is 54.0 Å². The summed E-state index contributed by atoms with van der Waals surface area (Å²) in [5.74, 6) is 2.05. The van der Waals surface area contributed by atoms with Crippen molar-refractivity contribution in [3.05, 3.63) is 118 Å². The molecule has 0 aromatic heterocycles. The van der Waals surface area contributed by atoms with Gasteiger partial charge in [-0.1, -0.05) is 43.7 Å². The number of halogens is 5. The van der Waals surface area contributed by atoms with Gasteiger partial charge in [0.1, 0.15) is 17.5 Å². The van der Waals surface area contributed by atoms with Gasteiger partial charge >= 0.3 is 0 Å². The maximum Gasteiger partial charge on any atom is 0.159 e. The molecule has 0 atom stereocenters. The largest absolute Gasteiger partial charge is 0.207 e. The van der Waals surface area contributed by atoms with Crippen molar-refractivity contribution >= 4 is 10.8 Å². The van der Waals surface area contributed by atoms with Gasteiger partial charge in [0.25, 0.3) is 0 Å². The van der Waals surface area contributed by atoms with Gasteiger partial charge in [0.2, 0.25) is 0 Å². The fourth-order valence-corrected chi connectivity index (χ4v) is 4.16. The number of unbranched alkanes of at least 4 members (excludes halogenated alkanes) is 2. The van der Waals surface area contributed by atoms with Crippen LogP contribution in [-0.2, 0) is 19.3 Å². The average molecular weight is 493 g/mol. The Morgan fingerprint density at radius 3 is 1.94 bits per heavy atom. The van der Waals surface area contributed by atoms with Gasteiger partial charge in [-0.3, -0.25) is 0 Å². The van der Waals surface area contributed by atoms with Crippen molar-refractivity contribution in [2.75, 3.05) is 0 Å². The topological polar surface area (TPSA) is 0 Å². The Kier molecular flexibility index (Phi) is 8.05. The quantitative estimate of drug-likeness (QED) is 0.138. The molecule has 0 unspecified atom stereocenters. The molecule has 0 aliphatic rings. The van der Waals surface area contributed by atoms with E-state index in [1.165, 1.54) is 24.3 Å². The van der Waals surface area contributed by atoms with Crippen LogP contribution in [0.25, 0.3) is 10.8 Å². The number of rotatable bonds is 7. The van der Waals surface area contributed by atoms with Gasteiger partial charge in [0.15, 0.2) is 11.6 Å². The number of aryl methyl sites for hydroxylation is 2. The molecule has 184 valence electrons. The third kappa shape index (κ3) is 6.12. The van der Waals surface area contributed by atoms with E-state index in [2.05, 4.69) is 18.8 Å². The molecule has 4 aromatic carbocycles. The van der Waals surface area contributed by atoms with Crippen LogP contribution < -0.4 is 0 Å². The van der Waals surface area contributed by atoms with Crippen LogP contribution in [0.5, 0.6) is 0 Å². The van der Waals surface area contributed by atoms with E-state index >= 15 is 0 Å². The highest BCUT2D eigenvalue weighted by atomic mass is 19.2. The van der Waals surface area contributed by atoms with Crippen LogP contribution >= 0.6 is 0 Å². The first kappa shape index (κ1) is 25.4. The molecule has 0 saturated carbocycles. The lowest BCUT2D eigenvalue weighted by molar-refractivity contribution is 0.511. The summed E-state index contributed by atoms with van der Waals surface area (Å²) in [5, 5.41) is 1.03. The predicted molar refractivity (Wildman–Crippen MR) is 133 cm³/mol. The summed E-state index contributed by atoms with van der Waals surface area (Å²) in [7, 11) is 0. The minimum absolute atomic E-state index is 0.00569. The number of benzene rings is 4. The van der Waals surface area contributed by atoms with E-state index in [4.69, 9.17) is 0 Å². The molecule has 0 saturated heterocycles. The first-order valence-corrected chi connectivity index (χ1v) is 12.0. The molecule has 0 fully saturated rings. The molecule has 0 nitrogen and oxygen atoms in total. The van der Waals surface area contributed by atoms with Gasteiger partial charge < -0.3 is 0 Å². The standard InChI is InChI=1S/C31H25F5/c1-2-3-4-5-22-16-28(33)26(29(34)17-22)13-9-21-7-11-23(27(32)15-21)10-6-20-8-12-24-18-30(35)31(36)19-25(24)14-20/h7-8,11-12,14-19H,2-5,9,13H2,1H3. The number of hydrogen-bond acceptors (Lipinski definition) is 0. The zero-order valence-electron chi connectivity index (χ0n) is 19.9. The van der Waals surface area contributed by atoms with Crippen LogP contribution in [0.2, 0.25) is 0 Å². The lowest BCUT2D eigenvalue weighted by Gasteiger charge is -2.09. The summed E-state index contributed by atoms with van der Waals surface area (Å²) in [5.41, 5.74) is 1.96. The molecule has 0 aliphatic heterocycles. The van der Waals surface area contributed by atoms with Gasteiger partial charge in [-0.15, -0.1) is 0 Å². The second-order valence-corrected chi connectivity index (χ2v) is 8.89. The van der Waals surface area contributed by atoms with Crippen LogP contribution in [-0.4, -0.2) is 0 Å². The van der Waals surface area contributed by atoms with E-state index < -0.39 is 29.1 Å². The summed E-state index contributed by atoms with van der Waals surface area (Å²) < 4.78 is 70.5. The summed E-state index contributed by atoms with van der Waals surface area (Å²) in [4.78, 5) is 0. The van der Waals surface area contributed by atoms with E-state index in [0.29, 0.717) is 33.9 Å². The monoisotopic (exact) mass is 492 g/mol. The molecule has 0 spiro atoms. The van der Waals surface area contributed by atoms with Crippen LogP contribution in [0.4, 0.5) is 22.0 Å². The lowest BCUT2D eigenvalue weighted by atomic mass is 9.99. The van der Waals surface area contributed by atoms with E-state index in [-0.39, 0.29) is 24.0 Å². The van der Waals surface area contributed by atoms with E-state index in [9.17, 15) is 22.0 Å². The molecule has 0 radical (unpaired) electrons. The Morgan fingerprint density at radius 1 is 0.556 bits per heavy atom. The fourth-order valence-electron chi connectivity index (χ4n) is 4.16. The summed E-state index contributed by atoms with van der Waals surface area (Å²) in [6, 6.07) is 14.4. The summed E-state index contributed by atoms with van der Waals surface area (Å²) >= 11 is 0. The van der Waals surface area contributed by atoms with Crippen molar-refractivity contribution < 1.29 is 22.0 Å². The second kappa shape index (κ2) is 11.4. The van der Waals surface area contributed by atoms with Crippen molar-refractivity contribution in [3.63, 3.8) is 0 Å². The SMILES string of the molecule is CCCCCc1cc(F)c(CCc2ccc(C#Cc3ccc4cc(F)c(F)cc4c3)c(F)c2)c(F)c1. The molecule has 5 heteroatoms. The van der Waals surface area contributed by atoms with E-state index in [1.807, 2.05) is 0 Å². The van der Waals surface area contributed by atoms with Gasteiger partial charge in [0, 0.05) is 11.1 Å². The highest BCUT2D eigenvalue weighted by molar-refractivity contribution is 5.84. The van der Waals surface area contributed by atoms with Crippen molar-refractivity contribution in [1.29, 1.82) is 0 Å². The molecule has 0 aliphatic carbocycles. The highest BCUT2D eigenvalue weighted by Crippen LogP contribution is 2.22. The Bertz CT molecular complexity index is 1440. The van der Waals surface area contributed by atoms with E-state index in [0.717, 1.165) is 31.4 Å². The Labute approximate surface area is 207 Å². The Balaban J connectivity index is 1.45. The minimum atomic E-state index is -0.947. The van der Waals surface area contributed by atoms with Gasteiger partial charge in [-0.05, 0) is 96.1 Å². The maximum atomic E-state index is 14.6. The summed E-state index contributed by atoms with van der Waals surface area (Å²) in [6.07, 6.45) is 3.98. The molecular formula is C31H25F5. The zero-order chi connectivity index (χ0) is 25.7. The molecule has 4 aromatic rings. The molecule has 36 heavy (non-hydrogen) atoms. The van der Waals surface area contributed by atoms with Crippen LogP contribution in [0, 0.1) is 40.9 Å². The normalized spacial score (nSPS) is 10.9. The Morgan fingerprint density at radius 2 is 1.25 bits per heavy atom. The molecule has 0 heterocycles. The first-order valence-electron chi connectivity index (χ1n) is 12.0. The predicted octanol–water partition coefficient (Wildman–Crippen LogP) is 8.45. The number of fused-ring (bicyclic) bond motifs is 1. The van der Waals surface area contributed by atoms with Crippen LogP contribution in [0.15, 0.2) is 60.7 Å². The molecular weight excluding hydrogens is 467 g/mol. The summed E-state index contributed by atoms with van der Waals surface area (Å²) in [6.45, 7) is 2.07. The second-order valence-electron chi connectivity index (χ2n) is 8.89. The highest BCUT2D eigenvalue weighted by Gasteiger charge is 2.12. The van der Waals surface area contributed by atoms with Gasteiger partial charge in [0.05, 0.1) is 5.56 Å². The maximum absolute atomic E-state index is 14.6. The third-order valence-electron chi connectivity index (χ3n) is 6.19. The van der Waals surface area contributed by atoms with Crippen molar-refractivity contribution in [2.24, 2.45) is 0 Å². The number of hydrogen-bond donors (Lipinski definition) is 0. The lowest BCUT2D eigenvalue weighted by Crippen LogP contribution is -2.02. The molecule has 0 N–H and O–H groups in total. The molecule has 0 bridgehead atoms. The van der Waals surface area contributed by atoms with Gasteiger partial charge in [-0.2, -0.15) is 0 Å². The molecule has 0 amide bonds.